The predicted octanol–water partition coefficient (Wildman–Crippen LogP) is 2.52. The molecule has 0 spiro atoms. The van der Waals surface area contributed by atoms with Crippen LogP contribution in [0.4, 0.5) is 8.78 Å². The number of aryl methyl sites for hydroxylation is 1. The third kappa shape index (κ3) is 4.40. The van der Waals surface area contributed by atoms with Crippen LogP contribution in [0.25, 0.3) is 0 Å². The van der Waals surface area contributed by atoms with Gasteiger partial charge in [-0.2, -0.15) is 0 Å². The molecule has 96 valence electrons. The first-order chi connectivity index (χ1) is 8.19. The van der Waals surface area contributed by atoms with Crippen LogP contribution < -0.4 is 5.32 Å². The molecule has 0 aliphatic heterocycles. The van der Waals surface area contributed by atoms with Crippen LogP contribution >= 0.6 is 0 Å². The number of rotatable bonds is 7. The number of hydrogen-bond donors (Lipinski definition) is 1. The zero-order chi connectivity index (χ0) is 12.7. The number of benzene rings is 1. The second kappa shape index (κ2) is 7.35. The molecule has 0 saturated carbocycles. The van der Waals surface area contributed by atoms with Crippen molar-refractivity contribution in [2.24, 2.45) is 0 Å². The van der Waals surface area contributed by atoms with Crippen molar-refractivity contribution in [2.45, 2.75) is 25.8 Å². The van der Waals surface area contributed by atoms with E-state index >= 15 is 0 Å². The molecule has 1 atom stereocenters. The molecule has 1 rings (SSSR count). The molecule has 17 heavy (non-hydrogen) atoms. The molecule has 0 aliphatic rings. The van der Waals surface area contributed by atoms with E-state index in [9.17, 15) is 8.78 Å². The summed E-state index contributed by atoms with van der Waals surface area (Å²) in [6.45, 7) is 3.41. The van der Waals surface area contributed by atoms with E-state index < -0.39 is 11.6 Å². The van der Waals surface area contributed by atoms with E-state index in [0.29, 0.717) is 18.6 Å². The minimum Gasteiger partial charge on any atom is -0.383 e. The van der Waals surface area contributed by atoms with Crippen LogP contribution in [0.5, 0.6) is 0 Å². The molecule has 1 N–H and O–H groups in total. The van der Waals surface area contributed by atoms with Crippen LogP contribution in [0.2, 0.25) is 0 Å². The van der Waals surface area contributed by atoms with E-state index in [1.54, 1.807) is 13.2 Å². The van der Waals surface area contributed by atoms with Gasteiger partial charge in [0.25, 0.3) is 0 Å². The molecule has 0 radical (unpaired) electrons. The summed E-state index contributed by atoms with van der Waals surface area (Å²) in [7, 11) is 1.63. The fourth-order valence-electron chi connectivity index (χ4n) is 1.81. The van der Waals surface area contributed by atoms with Crippen LogP contribution in [0.3, 0.4) is 0 Å². The average Bonchev–Trinajstić information content (AvgIpc) is 2.31. The highest BCUT2D eigenvalue weighted by Crippen LogP contribution is 2.14. The summed E-state index contributed by atoms with van der Waals surface area (Å²) < 4.78 is 31.5. The smallest absolute Gasteiger partial charge is 0.162 e. The molecule has 2 nitrogen and oxygen atoms in total. The van der Waals surface area contributed by atoms with Crippen molar-refractivity contribution < 1.29 is 13.5 Å². The zero-order valence-electron chi connectivity index (χ0n) is 10.3. The number of methoxy groups -OCH3 is 1. The number of ether oxygens (including phenoxy) is 1. The van der Waals surface area contributed by atoms with Crippen LogP contribution in [0.1, 0.15) is 18.9 Å². The van der Waals surface area contributed by atoms with Crippen molar-refractivity contribution in [3.05, 3.63) is 35.4 Å². The molecule has 1 aromatic rings. The SMILES string of the molecule is CCNC(CCc1cccc(F)c1F)COC. The van der Waals surface area contributed by atoms with E-state index in [0.717, 1.165) is 19.0 Å². The minimum absolute atomic E-state index is 0.174. The highest BCUT2D eigenvalue weighted by molar-refractivity contribution is 5.19. The Labute approximate surface area is 101 Å². The Bertz CT molecular complexity index is 338. The van der Waals surface area contributed by atoms with Gasteiger partial charge in [-0.25, -0.2) is 8.78 Å². The Kier molecular flexibility index (Phi) is 6.08. The van der Waals surface area contributed by atoms with Gasteiger partial charge in [-0.15, -0.1) is 0 Å². The number of halogens is 2. The summed E-state index contributed by atoms with van der Waals surface area (Å²) in [6.07, 6.45) is 1.23. The second-order valence-corrected chi connectivity index (χ2v) is 3.96. The summed E-state index contributed by atoms with van der Waals surface area (Å²) in [5, 5.41) is 3.25. The predicted molar refractivity (Wildman–Crippen MR) is 64.0 cm³/mol. The maximum Gasteiger partial charge on any atom is 0.162 e. The topological polar surface area (TPSA) is 21.3 Å². The average molecular weight is 243 g/mol. The molecular weight excluding hydrogens is 224 g/mol. The van der Waals surface area contributed by atoms with Gasteiger partial charge in [0.2, 0.25) is 0 Å². The molecule has 0 aliphatic carbocycles. The van der Waals surface area contributed by atoms with Gasteiger partial charge in [-0.1, -0.05) is 19.1 Å². The van der Waals surface area contributed by atoms with Gasteiger partial charge in [-0.3, -0.25) is 0 Å². The maximum atomic E-state index is 13.4. The van der Waals surface area contributed by atoms with E-state index in [4.69, 9.17) is 4.74 Å². The van der Waals surface area contributed by atoms with Crippen molar-refractivity contribution in [1.29, 1.82) is 0 Å². The Morgan fingerprint density at radius 3 is 2.76 bits per heavy atom. The molecule has 4 heteroatoms. The van der Waals surface area contributed by atoms with Gasteiger partial charge in [0, 0.05) is 13.2 Å². The third-order valence-electron chi connectivity index (χ3n) is 2.65. The molecule has 0 fully saturated rings. The van der Waals surface area contributed by atoms with Crippen molar-refractivity contribution in [2.75, 3.05) is 20.3 Å². The number of nitrogens with one attached hydrogen (secondary N) is 1. The summed E-state index contributed by atoms with van der Waals surface area (Å²) in [6, 6.07) is 4.46. The fraction of sp³-hybridized carbons (Fsp3) is 0.538. The van der Waals surface area contributed by atoms with Gasteiger partial charge >= 0.3 is 0 Å². The molecular formula is C13H19F2NO. The Hall–Kier alpha value is -1.00. The normalized spacial score (nSPS) is 12.7. The first kappa shape index (κ1) is 14.1. The lowest BCUT2D eigenvalue weighted by atomic mass is 10.0. The molecule has 0 bridgehead atoms. The van der Waals surface area contributed by atoms with Crippen molar-refractivity contribution in [3.63, 3.8) is 0 Å². The molecule has 0 heterocycles. The highest BCUT2D eigenvalue weighted by atomic mass is 19.2. The standard InChI is InChI=1S/C13H19F2NO/c1-3-16-11(9-17-2)8-7-10-5-4-6-12(14)13(10)15/h4-6,11,16H,3,7-9H2,1-2H3. The molecule has 1 aromatic carbocycles. The van der Waals surface area contributed by atoms with Gasteiger partial charge in [0.15, 0.2) is 11.6 Å². The van der Waals surface area contributed by atoms with Crippen molar-refractivity contribution >= 4 is 0 Å². The zero-order valence-corrected chi connectivity index (χ0v) is 10.3. The van der Waals surface area contributed by atoms with E-state index in [1.807, 2.05) is 6.92 Å². The molecule has 1 unspecified atom stereocenters. The quantitative estimate of drug-likeness (QED) is 0.794. The van der Waals surface area contributed by atoms with Crippen LogP contribution in [-0.2, 0) is 11.2 Å². The lowest BCUT2D eigenvalue weighted by Crippen LogP contribution is -2.33. The van der Waals surface area contributed by atoms with Gasteiger partial charge in [0.1, 0.15) is 0 Å². The summed E-state index contributed by atoms with van der Waals surface area (Å²) >= 11 is 0. The third-order valence-corrected chi connectivity index (χ3v) is 2.65. The van der Waals surface area contributed by atoms with E-state index in [-0.39, 0.29) is 6.04 Å². The van der Waals surface area contributed by atoms with E-state index in [1.165, 1.54) is 6.07 Å². The van der Waals surface area contributed by atoms with Gasteiger partial charge < -0.3 is 10.1 Å². The maximum absolute atomic E-state index is 13.4. The van der Waals surface area contributed by atoms with E-state index in [2.05, 4.69) is 5.32 Å². The van der Waals surface area contributed by atoms with Crippen LogP contribution in [-0.4, -0.2) is 26.3 Å². The van der Waals surface area contributed by atoms with Gasteiger partial charge in [-0.05, 0) is 31.0 Å². The number of hydrogen-bond acceptors (Lipinski definition) is 2. The lowest BCUT2D eigenvalue weighted by Gasteiger charge is -2.16. The summed E-state index contributed by atoms with van der Waals surface area (Å²) in [5.74, 6) is -1.52. The Balaban J connectivity index is 2.55. The number of likely N-dealkylation sites (N-methyl/N-ethyl adjacent to an activating group) is 1. The van der Waals surface area contributed by atoms with Crippen molar-refractivity contribution in [1.82, 2.24) is 5.32 Å². The molecule has 0 aromatic heterocycles. The fourth-order valence-corrected chi connectivity index (χ4v) is 1.81. The summed E-state index contributed by atoms with van der Waals surface area (Å²) in [4.78, 5) is 0. The molecule has 0 amide bonds. The first-order valence-electron chi connectivity index (χ1n) is 5.84. The Morgan fingerprint density at radius 2 is 2.12 bits per heavy atom. The minimum atomic E-state index is -0.783. The lowest BCUT2D eigenvalue weighted by molar-refractivity contribution is 0.163. The summed E-state index contributed by atoms with van der Waals surface area (Å²) in [5.41, 5.74) is 0.420. The highest BCUT2D eigenvalue weighted by Gasteiger charge is 2.11. The Morgan fingerprint density at radius 1 is 1.35 bits per heavy atom. The van der Waals surface area contributed by atoms with Crippen LogP contribution in [0, 0.1) is 11.6 Å². The first-order valence-corrected chi connectivity index (χ1v) is 5.84. The largest absolute Gasteiger partial charge is 0.383 e. The van der Waals surface area contributed by atoms with Crippen LogP contribution in [0.15, 0.2) is 18.2 Å². The van der Waals surface area contributed by atoms with Crippen molar-refractivity contribution in [3.8, 4) is 0 Å². The van der Waals surface area contributed by atoms with Gasteiger partial charge in [0.05, 0.1) is 6.61 Å². The monoisotopic (exact) mass is 243 g/mol. The molecule has 0 saturated heterocycles. The second-order valence-electron chi connectivity index (χ2n) is 3.96.